The number of fused-ring (bicyclic) bond motifs is 1. The Labute approximate surface area is 71.0 Å². The number of rotatable bonds is 0. The molecule has 0 fully saturated rings. The summed E-state index contributed by atoms with van der Waals surface area (Å²) in [6, 6.07) is 7.94. The summed E-state index contributed by atoms with van der Waals surface area (Å²) in [5.41, 5.74) is 8.88. The number of nitrogens with zero attached hydrogens (tertiary/aromatic N) is 1. The molecule has 3 heteroatoms. The van der Waals surface area contributed by atoms with Gasteiger partial charge in [0, 0.05) is 6.54 Å². The number of hydrogen-bond acceptors (Lipinski definition) is 3. The van der Waals surface area contributed by atoms with Crippen molar-refractivity contribution in [2.45, 2.75) is 6.42 Å². The van der Waals surface area contributed by atoms with Gasteiger partial charge in [-0.05, 0) is 18.1 Å². The maximum Gasteiger partial charge on any atom is 0.101 e. The Morgan fingerprint density at radius 1 is 1.42 bits per heavy atom. The van der Waals surface area contributed by atoms with Crippen LogP contribution in [0.2, 0.25) is 0 Å². The van der Waals surface area contributed by atoms with Crippen LogP contribution in [0.1, 0.15) is 11.1 Å². The summed E-state index contributed by atoms with van der Waals surface area (Å²) >= 11 is 0. The largest absolute Gasteiger partial charge is 0.320 e. The van der Waals surface area contributed by atoms with Gasteiger partial charge in [-0.2, -0.15) is 5.26 Å². The van der Waals surface area contributed by atoms with Gasteiger partial charge in [0.25, 0.3) is 0 Å². The van der Waals surface area contributed by atoms with E-state index in [1.54, 1.807) is 0 Å². The van der Waals surface area contributed by atoms with E-state index in [0.29, 0.717) is 5.56 Å². The topological polar surface area (TPSA) is 47.9 Å². The van der Waals surface area contributed by atoms with Gasteiger partial charge < -0.3 is 5.43 Å². The van der Waals surface area contributed by atoms with Crippen LogP contribution in [0, 0.1) is 11.3 Å². The molecule has 0 unspecified atom stereocenters. The molecule has 2 N–H and O–H groups in total. The summed E-state index contributed by atoms with van der Waals surface area (Å²) in [7, 11) is 0. The van der Waals surface area contributed by atoms with Crippen LogP contribution in [0.15, 0.2) is 18.2 Å². The van der Waals surface area contributed by atoms with Gasteiger partial charge in [-0.25, -0.2) is 5.43 Å². The van der Waals surface area contributed by atoms with Crippen molar-refractivity contribution in [3.05, 3.63) is 29.3 Å². The van der Waals surface area contributed by atoms with Crippen molar-refractivity contribution < 1.29 is 0 Å². The Balaban J connectivity index is 2.53. The average Bonchev–Trinajstić information content (AvgIpc) is 2.17. The van der Waals surface area contributed by atoms with Crippen LogP contribution in [-0.4, -0.2) is 6.54 Å². The Morgan fingerprint density at radius 3 is 3.17 bits per heavy atom. The Kier molecular flexibility index (Phi) is 1.69. The molecule has 2 rings (SSSR count). The van der Waals surface area contributed by atoms with Crippen molar-refractivity contribution in [1.82, 2.24) is 5.43 Å². The predicted molar refractivity (Wildman–Crippen MR) is 46.5 cm³/mol. The standard InChI is InChI=1S/C9H9N3/c10-6-8-3-1-2-7-4-5-11-12-9(7)8/h1-3,11-12H,4-5H2. The molecule has 1 aliphatic rings. The molecule has 3 nitrogen and oxygen atoms in total. The minimum Gasteiger partial charge on any atom is -0.320 e. The SMILES string of the molecule is N#Cc1cccc2c1NNCC2. The lowest BCUT2D eigenvalue weighted by Crippen LogP contribution is -2.30. The van der Waals surface area contributed by atoms with Gasteiger partial charge in [0.1, 0.15) is 6.07 Å². The van der Waals surface area contributed by atoms with Crippen LogP contribution in [-0.2, 0) is 6.42 Å². The van der Waals surface area contributed by atoms with E-state index in [0.717, 1.165) is 18.7 Å². The maximum atomic E-state index is 8.78. The molecule has 1 aromatic rings. The quantitative estimate of drug-likeness (QED) is 0.594. The highest BCUT2D eigenvalue weighted by molar-refractivity contribution is 5.63. The molecule has 1 aliphatic heterocycles. The van der Waals surface area contributed by atoms with Crippen LogP contribution < -0.4 is 10.9 Å². The van der Waals surface area contributed by atoms with Gasteiger partial charge >= 0.3 is 0 Å². The Morgan fingerprint density at radius 2 is 2.33 bits per heavy atom. The zero-order chi connectivity index (χ0) is 8.39. The zero-order valence-electron chi connectivity index (χ0n) is 6.59. The summed E-state index contributed by atoms with van der Waals surface area (Å²) < 4.78 is 0. The van der Waals surface area contributed by atoms with E-state index in [4.69, 9.17) is 5.26 Å². The normalized spacial score (nSPS) is 14.2. The Hall–Kier alpha value is -1.53. The first-order valence-corrected chi connectivity index (χ1v) is 3.92. The molecule has 0 radical (unpaired) electrons. The highest BCUT2D eigenvalue weighted by atomic mass is 15.4. The van der Waals surface area contributed by atoms with Crippen LogP contribution >= 0.6 is 0 Å². The van der Waals surface area contributed by atoms with Gasteiger partial charge in [-0.3, -0.25) is 0 Å². The maximum absolute atomic E-state index is 8.78. The fraction of sp³-hybridized carbons (Fsp3) is 0.222. The molecule has 1 heterocycles. The van der Waals surface area contributed by atoms with Crippen LogP contribution in [0.4, 0.5) is 5.69 Å². The monoisotopic (exact) mass is 159 g/mol. The minimum atomic E-state index is 0.708. The molecule has 0 saturated heterocycles. The van der Waals surface area contributed by atoms with Gasteiger partial charge in [-0.1, -0.05) is 12.1 Å². The second kappa shape index (κ2) is 2.84. The van der Waals surface area contributed by atoms with E-state index in [1.807, 2.05) is 18.2 Å². The number of nitriles is 1. The summed E-state index contributed by atoms with van der Waals surface area (Å²) in [5.74, 6) is 0. The second-order valence-electron chi connectivity index (χ2n) is 2.75. The zero-order valence-corrected chi connectivity index (χ0v) is 6.59. The van der Waals surface area contributed by atoms with Gasteiger partial charge in [0.2, 0.25) is 0 Å². The number of anilines is 1. The smallest absolute Gasteiger partial charge is 0.101 e. The van der Waals surface area contributed by atoms with E-state index < -0.39 is 0 Å². The highest BCUT2D eigenvalue weighted by Crippen LogP contribution is 2.21. The molecule has 0 bridgehead atoms. The van der Waals surface area contributed by atoms with E-state index in [2.05, 4.69) is 16.9 Å². The first kappa shape index (κ1) is 7.14. The highest BCUT2D eigenvalue weighted by Gasteiger charge is 2.10. The Bertz CT molecular complexity index is 338. The molecule has 0 spiro atoms. The number of hydrazine groups is 1. The van der Waals surface area contributed by atoms with Crippen molar-refractivity contribution >= 4 is 5.69 Å². The molecule has 1 aromatic carbocycles. The van der Waals surface area contributed by atoms with Crippen molar-refractivity contribution in [2.24, 2.45) is 0 Å². The van der Waals surface area contributed by atoms with Gasteiger partial charge in [0.15, 0.2) is 0 Å². The number of para-hydroxylation sites is 1. The molecule has 60 valence electrons. The first-order valence-electron chi connectivity index (χ1n) is 3.92. The molecule has 0 atom stereocenters. The third-order valence-electron chi connectivity index (χ3n) is 2.00. The molecule has 0 saturated carbocycles. The molecule has 12 heavy (non-hydrogen) atoms. The minimum absolute atomic E-state index is 0.708. The van der Waals surface area contributed by atoms with Gasteiger partial charge in [0.05, 0.1) is 11.3 Å². The fourth-order valence-corrected chi connectivity index (χ4v) is 1.40. The van der Waals surface area contributed by atoms with Gasteiger partial charge in [-0.15, -0.1) is 0 Å². The average molecular weight is 159 g/mol. The van der Waals surface area contributed by atoms with Crippen molar-refractivity contribution in [1.29, 1.82) is 5.26 Å². The lowest BCUT2D eigenvalue weighted by molar-refractivity contribution is 0.746. The molecular weight excluding hydrogens is 150 g/mol. The molecular formula is C9H9N3. The third-order valence-corrected chi connectivity index (χ3v) is 2.00. The lowest BCUT2D eigenvalue weighted by atomic mass is 10.0. The van der Waals surface area contributed by atoms with E-state index in [-0.39, 0.29) is 0 Å². The summed E-state index contributed by atoms with van der Waals surface area (Å²) in [5, 5.41) is 8.78. The summed E-state index contributed by atoms with van der Waals surface area (Å²) in [4.78, 5) is 0. The fourth-order valence-electron chi connectivity index (χ4n) is 1.40. The first-order chi connectivity index (χ1) is 5.92. The lowest BCUT2D eigenvalue weighted by Gasteiger charge is -2.19. The molecule has 0 aromatic heterocycles. The van der Waals surface area contributed by atoms with Crippen LogP contribution in [0.5, 0.6) is 0 Å². The number of benzene rings is 1. The van der Waals surface area contributed by atoms with Crippen molar-refractivity contribution in [2.75, 3.05) is 12.0 Å². The number of hydrogen-bond donors (Lipinski definition) is 2. The number of nitrogens with one attached hydrogen (secondary N) is 2. The summed E-state index contributed by atoms with van der Waals surface area (Å²) in [6.45, 7) is 0.919. The predicted octanol–water partition coefficient (Wildman–Crippen LogP) is 1.03. The molecule has 0 amide bonds. The molecule has 0 aliphatic carbocycles. The van der Waals surface area contributed by atoms with Crippen LogP contribution in [0.3, 0.4) is 0 Å². The second-order valence-corrected chi connectivity index (χ2v) is 2.75. The van der Waals surface area contributed by atoms with Crippen LogP contribution in [0.25, 0.3) is 0 Å². The van der Waals surface area contributed by atoms with Crippen molar-refractivity contribution in [3.63, 3.8) is 0 Å². The van der Waals surface area contributed by atoms with E-state index in [9.17, 15) is 0 Å². The summed E-state index contributed by atoms with van der Waals surface area (Å²) in [6.07, 6.45) is 0.984. The third kappa shape index (κ3) is 1.03. The van der Waals surface area contributed by atoms with E-state index in [1.165, 1.54) is 5.56 Å². The van der Waals surface area contributed by atoms with Crippen molar-refractivity contribution in [3.8, 4) is 6.07 Å². The van der Waals surface area contributed by atoms with E-state index >= 15 is 0 Å².